The van der Waals surface area contributed by atoms with E-state index >= 15 is 0 Å². The van der Waals surface area contributed by atoms with Gasteiger partial charge in [-0.05, 0) is 30.9 Å². The topological polar surface area (TPSA) is 89.3 Å². The summed E-state index contributed by atoms with van der Waals surface area (Å²) < 4.78 is 24.4. The first-order chi connectivity index (χ1) is 11.0. The molecule has 1 amide bonds. The van der Waals surface area contributed by atoms with Crippen molar-refractivity contribution >= 4 is 28.2 Å². The lowest BCUT2D eigenvalue weighted by Crippen LogP contribution is -2.46. The van der Waals surface area contributed by atoms with Gasteiger partial charge in [-0.15, -0.1) is 12.4 Å². The molecule has 2 rings (SSSR count). The third kappa shape index (κ3) is 4.94. The number of nitrogens with two attached hydrogens (primary N) is 1. The number of hydrogen-bond acceptors (Lipinski definition) is 4. The average molecular weight is 375 g/mol. The Labute approximate surface area is 150 Å². The van der Waals surface area contributed by atoms with E-state index in [-0.39, 0.29) is 40.6 Å². The van der Waals surface area contributed by atoms with Crippen molar-refractivity contribution in [3.8, 4) is 0 Å². The smallest absolute Gasteiger partial charge is 0.252 e. The minimum Gasteiger partial charge on any atom is -0.348 e. The Hall–Kier alpha value is -1.11. The van der Waals surface area contributed by atoms with Crippen LogP contribution in [-0.2, 0) is 9.84 Å². The Morgan fingerprint density at radius 3 is 2.46 bits per heavy atom. The molecule has 0 radical (unpaired) electrons. The molecule has 0 bridgehead atoms. The minimum atomic E-state index is -3.43. The third-order valence-corrected chi connectivity index (χ3v) is 6.42. The summed E-state index contributed by atoms with van der Waals surface area (Å²) in [7, 11) is -3.43. The molecule has 1 aliphatic rings. The third-order valence-electron chi connectivity index (χ3n) is 4.64. The molecule has 1 aromatic carbocycles. The van der Waals surface area contributed by atoms with Crippen LogP contribution >= 0.6 is 12.4 Å². The molecule has 1 fully saturated rings. The lowest BCUT2D eigenvalue weighted by atomic mass is 9.84. The summed E-state index contributed by atoms with van der Waals surface area (Å²) in [4.78, 5) is 12.7. The summed E-state index contributed by atoms with van der Waals surface area (Å²) >= 11 is 0. The molecule has 1 atom stereocenters. The molecule has 24 heavy (non-hydrogen) atoms. The van der Waals surface area contributed by atoms with Crippen molar-refractivity contribution in [3.05, 3.63) is 29.8 Å². The number of halogens is 1. The summed E-state index contributed by atoms with van der Waals surface area (Å²) in [5, 5.41) is 2.96. The number of benzene rings is 1. The van der Waals surface area contributed by atoms with Crippen molar-refractivity contribution in [1.29, 1.82) is 0 Å². The molecule has 1 saturated carbocycles. The van der Waals surface area contributed by atoms with Crippen LogP contribution in [0.15, 0.2) is 29.2 Å². The number of amides is 1. The molecule has 0 aliphatic heterocycles. The number of hydrogen-bond donors (Lipinski definition) is 2. The molecular weight excluding hydrogens is 348 g/mol. The second kappa shape index (κ2) is 9.39. The fourth-order valence-electron chi connectivity index (χ4n) is 3.23. The van der Waals surface area contributed by atoms with Crippen molar-refractivity contribution in [1.82, 2.24) is 5.32 Å². The lowest BCUT2D eigenvalue weighted by Gasteiger charge is -2.30. The van der Waals surface area contributed by atoms with Gasteiger partial charge in [0.2, 0.25) is 0 Å². The van der Waals surface area contributed by atoms with Gasteiger partial charge in [-0.3, -0.25) is 4.79 Å². The van der Waals surface area contributed by atoms with Crippen LogP contribution in [0.5, 0.6) is 0 Å². The molecule has 5 nitrogen and oxygen atoms in total. The van der Waals surface area contributed by atoms with E-state index in [9.17, 15) is 13.2 Å². The summed E-state index contributed by atoms with van der Waals surface area (Å²) in [6, 6.07) is 6.28. The zero-order valence-corrected chi connectivity index (χ0v) is 15.7. The zero-order valence-electron chi connectivity index (χ0n) is 14.0. The fraction of sp³-hybridized carbons (Fsp3) is 0.588. The molecule has 1 unspecified atom stereocenters. The van der Waals surface area contributed by atoms with Crippen molar-refractivity contribution in [3.63, 3.8) is 0 Å². The highest BCUT2D eigenvalue weighted by Gasteiger charge is 2.26. The molecule has 1 aliphatic carbocycles. The van der Waals surface area contributed by atoms with Crippen LogP contribution in [-0.4, -0.2) is 32.7 Å². The van der Waals surface area contributed by atoms with Crippen molar-refractivity contribution < 1.29 is 13.2 Å². The van der Waals surface area contributed by atoms with Gasteiger partial charge in [-0.2, -0.15) is 0 Å². The van der Waals surface area contributed by atoms with E-state index in [1.165, 1.54) is 12.5 Å². The first-order valence-electron chi connectivity index (χ1n) is 8.32. The predicted octanol–water partition coefficient (Wildman–Crippen LogP) is 2.54. The maximum absolute atomic E-state index is 12.6. The molecular formula is C17H27ClN2O3S. The largest absolute Gasteiger partial charge is 0.348 e. The van der Waals surface area contributed by atoms with Crippen LogP contribution in [0.4, 0.5) is 0 Å². The summed E-state index contributed by atoms with van der Waals surface area (Å²) in [6.45, 7) is 1.95. The average Bonchev–Trinajstić information content (AvgIpc) is 2.60. The van der Waals surface area contributed by atoms with Gasteiger partial charge in [0.1, 0.15) is 0 Å². The lowest BCUT2D eigenvalue weighted by molar-refractivity contribution is 0.0912. The number of rotatable bonds is 6. The second-order valence-electron chi connectivity index (χ2n) is 6.11. The summed E-state index contributed by atoms with van der Waals surface area (Å²) in [6.07, 6.45) is 5.70. The maximum Gasteiger partial charge on any atom is 0.252 e. The second-order valence-corrected chi connectivity index (χ2v) is 8.36. The van der Waals surface area contributed by atoms with Gasteiger partial charge in [0.15, 0.2) is 9.84 Å². The van der Waals surface area contributed by atoms with Crippen LogP contribution in [0.25, 0.3) is 0 Å². The van der Waals surface area contributed by atoms with Gasteiger partial charge < -0.3 is 11.1 Å². The maximum atomic E-state index is 12.6. The predicted molar refractivity (Wildman–Crippen MR) is 98.3 cm³/mol. The van der Waals surface area contributed by atoms with Crippen molar-refractivity contribution in [2.45, 2.75) is 50.0 Å². The van der Waals surface area contributed by atoms with Gasteiger partial charge in [0.05, 0.1) is 16.2 Å². The van der Waals surface area contributed by atoms with Gasteiger partial charge in [-0.1, -0.05) is 38.3 Å². The molecule has 0 aromatic heterocycles. The van der Waals surface area contributed by atoms with E-state index in [0.29, 0.717) is 12.5 Å². The van der Waals surface area contributed by atoms with Crippen LogP contribution < -0.4 is 11.1 Å². The van der Waals surface area contributed by atoms with E-state index in [0.717, 1.165) is 25.7 Å². The summed E-state index contributed by atoms with van der Waals surface area (Å²) in [5.41, 5.74) is 6.06. The SMILES string of the molecule is CCS(=O)(=O)c1ccccc1C(=O)NC(CN)C1CCCCC1.Cl. The Kier molecular flexibility index (Phi) is 8.19. The van der Waals surface area contributed by atoms with Crippen LogP contribution in [0, 0.1) is 5.92 Å². The standard InChI is InChI=1S/C17H26N2O3S.ClH/c1-2-23(21,22)16-11-7-6-10-14(16)17(20)19-15(12-18)13-8-4-3-5-9-13;/h6-7,10-11,13,15H,2-5,8-9,12,18H2,1H3,(H,19,20);1H. The molecule has 0 heterocycles. The molecule has 0 saturated heterocycles. The van der Waals surface area contributed by atoms with E-state index in [1.807, 2.05) is 0 Å². The molecule has 7 heteroatoms. The first-order valence-corrected chi connectivity index (χ1v) is 9.97. The number of nitrogens with one attached hydrogen (secondary N) is 1. The zero-order chi connectivity index (χ0) is 16.9. The molecule has 0 spiro atoms. The van der Waals surface area contributed by atoms with E-state index in [4.69, 9.17) is 5.73 Å². The Balaban J connectivity index is 0.00000288. The van der Waals surface area contributed by atoms with E-state index < -0.39 is 9.84 Å². The molecule has 136 valence electrons. The first kappa shape index (κ1) is 20.9. The Morgan fingerprint density at radius 2 is 1.88 bits per heavy atom. The molecule has 1 aromatic rings. The van der Waals surface area contributed by atoms with Crippen LogP contribution in [0.3, 0.4) is 0 Å². The van der Waals surface area contributed by atoms with Crippen LogP contribution in [0.2, 0.25) is 0 Å². The number of carbonyl (C=O) groups is 1. The van der Waals surface area contributed by atoms with Crippen molar-refractivity contribution in [2.24, 2.45) is 11.7 Å². The highest BCUT2D eigenvalue weighted by molar-refractivity contribution is 7.91. The van der Waals surface area contributed by atoms with Gasteiger partial charge in [0, 0.05) is 12.6 Å². The Bertz CT molecular complexity index is 643. The Morgan fingerprint density at radius 1 is 1.25 bits per heavy atom. The van der Waals surface area contributed by atoms with Crippen LogP contribution in [0.1, 0.15) is 49.4 Å². The van der Waals surface area contributed by atoms with Gasteiger partial charge in [0.25, 0.3) is 5.91 Å². The highest BCUT2D eigenvalue weighted by atomic mass is 35.5. The quantitative estimate of drug-likeness (QED) is 0.800. The van der Waals surface area contributed by atoms with E-state index in [2.05, 4.69) is 5.32 Å². The monoisotopic (exact) mass is 374 g/mol. The number of sulfone groups is 1. The minimum absolute atomic E-state index is 0. The van der Waals surface area contributed by atoms with Crippen molar-refractivity contribution in [2.75, 3.05) is 12.3 Å². The molecule has 3 N–H and O–H groups in total. The van der Waals surface area contributed by atoms with Gasteiger partial charge >= 0.3 is 0 Å². The highest BCUT2D eigenvalue weighted by Crippen LogP contribution is 2.26. The number of carbonyl (C=O) groups excluding carboxylic acids is 1. The normalized spacial score (nSPS) is 16.9. The van der Waals surface area contributed by atoms with Gasteiger partial charge in [-0.25, -0.2) is 8.42 Å². The summed E-state index contributed by atoms with van der Waals surface area (Å²) in [5.74, 6) is 0.00606. The van der Waals surface area contributed by atoms with E-state index in [1.54, 1.807) is 25.1 Å². The fourth-order valence-corrected chi connectivity index (χ4v) is 4.33.